The zero-order chi connectivity index (χ0) is 18.5. The van der Waals surface area contributed by atoms with Gasteiger partial charge in [0.05, 0.1) is 19.5 Å². The molecule has 0 saturated heterocycles. The molecule has 0 aliphatic heterocycles. The Bertz CT molecular complexity index is 377. The van der Waals surface area contributed by atoms with E-state index in [4.69, 9.17) is 0 Å². The van der Waals surface area contributed by atoms with Crippen LogP contribution in [0.25, 0.3) is 0 Å². The molecule has 0 aliphatic carbocycles. The molecule has 5 nitrogen and oxygen atoms in total. The lowest BCUT2D eigenvalue weighted by Crippen LogP contribution is -2.49. The van der Waals surface area contributed by atoms with E-state index in [1.807, 2.05) is 0 Å². The van der Waals surface area contributed by atoms with Crippen LogP contribution >= 0.6 is 7.75 Å². The van der Waals surface area contributed by atoms with E-state index in [0.29, 0.717) is 0 Å². The lowest BCUT2D eigenvalue weighted by atomic mass is 10.1. The number of amides is 1. The van der Waals surface area contributed by atoms with E-state index in [1.165, 1.54) is 51.4 Å². The Morgan fingerprint density at radius 3 is 1.46 bits per heavy atom. The van der Waals surface area contributed by atoms with Crippen molar-refractivity contribution in [3.8, 4) is 0 Å². The van der Waals surface area contributed by atoms with E-state index in [9.17, 15) is 19.1 Å². The Kier molecular flexibility index (Phi) is 12.9. The fourth-order valence-corrected chi connectivity index (χ4v) is 4.37. The zero-order valence-electron chi connectivity index (χ0n) is 16.0. The highest BCUT2D eigenvalue weighted by molar-refractivity contribution is 7.46. The molecule has 0 aromatic carbocycles. The monoisotopic (exact) mass is 364 g/mol. The molecule has 0 rings (SSSR count). The van der Waals surface area contributed by atoms with Crippen LogP contribution in [0.2, 0.25) is 0 Å². The van der Waals surface area contributed by atoms with Gasteiger partial charge in [-0.2, -0.15) is 4.25 Å². The molecule has 0 saturated carbocycles. The molecule has 144 valence electrons. The van der Waals surface area contributed by atoms with Crippen molar-refractivity contribution in [3.63, 3.8) is 0 Å². The molecule has 0 radical (unpaired) electrons. The van der Waals surface area contributed by atoms with E-state index in [0.717, 1.165) is 19.3 Å². The summed E-state index contributed by atoms with van der Waals surface area (Å²) in [6.07, 6.45) is 13.5. The summed E-state index contributed by atoms with van der Waals surface area (Å²) in [5.74, 6) is -0.316. The molecule has 0 unspecified atom stereocenters. The first-order valence-corrected chi connectivity index (χ1v) is 11.4. The molecule has 2 N–H and O–H groups in total. The van der Waals surface area contributed by atoms with Gasteiger partial charge in [0.1, 0.15) is 0 Å². The minimum atomic E-state index is -4.46. The van der Waals surface area contributed by atoms with E-state index < -0.39 is 12.0 Å². The van der Waals surface area contributed by atoms with Crippen molar-refractivity contribution < 1.29 is 23.4 Å². The van der Waals surface area contributed by atoms with Crippen LogP contribution in [0.3, 0.4) is 0 Å². The van der Waals surface area contributed by atoms with Crippen molar-refractivity contribution in [2.75, 3.05) is 13.1 Å². The molecular weight excluding hydrogens is 325 g/mol. The minimum Gasteiger partial charge on any atom is -0.278 e. The lowest BCUT2D eigenvalue weighted by molar-refractivity contribution is -0.743. The summed E-state index contributed by atoms with van der Waals surface area (Å²) in [5, 5.41) is 0. The second-order valence-electron chi connectivity index (χ2n) is 6.75. The maximum atomic E-state index is 12.3. The summed E-state index contributed by atoms with van der Waals surface area (Å²) in [5.41, 5.74) is 0. The Labute approximate surface area is 148 Å². The van der Waals surface area contributed by atoms with Crippen LogP contribution in [-0.4, -0.2) is 33.0 Å². The topological polar surface area (TPSA) is 74.6 Å². The Morgan fingerprint density at radius 2 is 1.12 bits per heavy atom. The number of rotatable bonds is 15. The highest BCUT2D eigenvalue weighted by Crippen LogP contribution is 2.48. The second-order valence-corrected chi connectivity index (χ2v) is 8.54. The first-order valence-electron chi connectivity index (χ1n) is 9.82. The number of unbranched alkanes of at least 4 members (excludes halogenated alkanes) is 10. The van der Waals surface area contributed by atoms with Crippen LogP contribution in [0, 0.1) is 0 Å². The van der Waals surface area contributed by atoms with Crippen LogP contribution in [-0.2, 0) is 9.36 Å². The SMILES string of the molecule is CCCCCCCCCCCCCC(=O)[N+](CC)(CC)P(=O)(O)O. The zero-order valence-corrected chi connectivity index (χ0v) is 16.9. The number of hydrogen-bond donors (Lipinski definition) is 2. The van der Waals surface area contributed by atoms with Gasteiger partial charge in [-0.1, -0.05) is 71.1 Å². The van der Waals surface area contributed by atoms with Crippen molar-refractivity contribution in [1.29, 1.82) is 0 Å². The van der Waals surface area contributed by atoms with E-state index in [1.54, 1.807) is 13.8 Å². The van der Waals surface area contributed by atoms with E-state index in [-0.39, 0.29) is 25.4 Å². The Morgan fingerprint density at radius 1 is 0.750 bits per heavy atom. The van der Waals surface area contributed by atoms with Gasteiger partial charge in [-0.05, 0) is 20.3 Å². The predicted molar refractivity (Wildman–Crippen MR) is 99.5 cm³/mol. The van der Waals surface area contributed by atoms with Gasteiger partial charge in [0.15, 0.2) is 0 Å². The summed E-state index contributed by atoms with van der Waals surface area (Å²) in [4.78, 5) is 31.4. The predicted octanol–water partition coefficient (Wildman–Crippen LogP) is 5.16. The van der Waals surface area contributed by atoms with E-state index in [2.05, 4.69) is 6.92 Å². The quantitative estimate of drug-likeness (QED) is 0.311. The minimum absolute atomic E-state index is 0.150. The van der Waals surface area contributed by atoms with Crippen LogP contribution in [0.5, 0.6) is 0 Å². The standard InChI is InChI=1S/C18H38NO4P/c1-4-7-8-9-10-11-12-13-14-15-16-17-18(20)19(5-2,6-3)24(21,22)23/h4-17H2,1-3H3,(H-,21,22,23)/p+1. The molecule has 0 fully saturated rings. The number of carbonyl (C=O) groups is 1. The van der Waals surface area contributed by atoms with Crippen molar-refractivity contribution in [3.05, 3.63) is 0 Å². The summed E-state index contributed by atoms with van der Waals surface area (Å²) in [7, 11) is -4.46. The molecule has 0 bridgehead atoms. The summed E-state index contributed by atoms with van der Waals surface area (Å²) in [6, 6.07) is 0. The van der Waals surface area contributed by atoms with Crippen LogP contribution < -0.4 is 0 Å². The highest BCUT2D eigenvalue weighted by atomic mass is 31.2. The number of hydrogen-bond acceptors (Lipinski definition) is 2. The first-order chi connectivity index (χ1) is 11.4. The normalized spacial score (nSPS) is 12.5. The maximum absolute atomic E-state index is 12.3. The molecule has 0 aromatic rings. The van der Waals surface area contributed by atoms with Gasteiger partial charge >= 0.3 is 13.7 Å². The van der Waals surface area contributed by atoms with Gasteiger partial charge < -0.3 is 0 Å². The average Bonchev–Trinajstić information content (AvgIpc) is 2.53. The summed E-state index contributed by atoms with van der Waals surface area (Å²) in [6.45, 7) is 5.87. The molecule has 24 heavy (non-hydrogen) atoms. The fourth-order valence-electron chi connectivity index (χ4n) is 3.24. The second kappa shape index (κ2) is 13.0. The molecule has 0 aliphatic rings. The largest absolute Gasteiger partial charge is 0.533 e. The number of quaternary nitrogens is 1. The number of carbonyl (C=O) groups excluding carboxylic acids is 1. The van der Waals surface area contributed by atoms with Gasteiger partial charge in [-0.25, -0.2) is 9.36 Å². The van der Waals surface area contributed by atoms with Crippen molar-refractivity contribution in [1.82, 2.24) is 0 Å². The molecule has 0 spiro atoms. The van der Waals surface area contributed by atoms with Gasteiger partial charge in [-0.3, -0.25) is 9.79 Å². The Balaban J connectivity index is 3.84. The highest BCUT2D eigenvalue weighted by Gasteiger charge is 2.49. The van der Waals surface area contributed by atoms with Gasteiger partial charge in [0, 0.05) is 0 Å². The third kappa shape index (κ3) is 8.24. The summed E-state index contributed by atoms with van der Waals surface area (Å²) >= 11 is 0. The smallest absolute Gasteiger partial charge is 0.278 e. The van der Waals surface area contributed by atoms with Crippen molar-refractivity contribution in [2.45, 2.75) is 97.8 Å². The fraction of sp³-hybridized carbons (Fsp3) is 0.944. The molecule has 0 heterocycles. The lowest BCUT2D eigenvalue weighted by Gasteiger charge is -2.33. The number of nitrogens with zero attached hydrogens (tertiary/aromatic N) is 1. The maximum Gasteiger partial charge on any atom is 0.533 e. The van der Waals surface area contributed by atoms with Crippen LogP contribution in [0.4, 0.5) is 0 Å². The molecule has 0 atom stereocenters. The molecule has 6 heteroatoms. The molecule has 1 amide bonds. The third-order valence-corrected chi connectivity index (χ3v) is 6.79. The van der Waals surface area contributed by atoms with E-state index >= 15 is 0 Å². The molecular formula is C18H39NO4P+. The van der Waals surface area contributed by atoms with Crippen LogP contribution in [0.15, 0.2) is 0 Å². The van der Waals surface area contributed by atoms with Crippen molar-refractivity contribution >= 4 is 13.7 Å². The van der Waals surface area contributed by atoms with Gasteiger partial charge in [-0.15, -0.1) is 0 Å². The molecule has 0 aromatic heterocycles. The third-order valence-electron chi connectivity index (χ3n) is 5.00. The van der Waals surface area contributed by atoms with Gasteiger partial charge in [0.25, 0.3) is 0 Å². The summed E-state index contributed by atoms with van der Waals surface area (Å²) < 4.78 is 11.0. The van der Waals surface area contributed by atoms with Gasteiger partial charge in [0.2, 0.25) is 0 Å². The Hall–Kier alpha value is -0.220. The average molecular weight is 364 g/mol. The van der Waals surface area contributed by atoms with Crippen LogP contribution in [0.1, 0.15) is 97.8 Å². The van der Waals surface area contributed by atoms with Crippen molar-refractivity contribution in [2.24, 2.45) is 0 Å². The first kappa shape index (κ1) is 23.8.